The van der Waals surface area contributed by atoms with Crippen LogP contribution in [0.2, 0.25) is 0 Å². The Morgan fingerprint density at radius 1 is 1.29 bits per heavy atom. The molecule has 2 aromatic rings. The van der Waals surface area contributed by atoms with Crippen molar-refractivity contribution < 1.29 is 4.79 Å². The summed E-state index contributed by atoms with van der Waals surface area (Å²) in [5.41, 5.74) is 0.891. The molecule has 3 heterocycles. The van der Waals surface area contributed by atoms with Crippen LogP contribution in [-0.4, -0.2) is 24.0 Å². The standard InChI is InChI=1S/C16H19N3OS/c20-16(12-6-9-17-10-7-12)19-15(14-5-3-11-21-14)13-4-1-2-8-18-13/h1-5,8,11-12,15,17H,6-7,9-10H2,(H,19,20). The van der Waals surface area contributed by atoms with E-state index in [0.717, 1.165) is 36.5 Å². The van der Waals surface area contributed by atoms with E-state index in [2.05, 4.69) is 15.6 Å². The number of carbonyl (C=O) groups is 1. The molecular formula is C16H19N3OS. The Kier molecular flexibility index (Phi) is 4.62. The summed E-state index contributed by atoms with van der Waals surface area (Å²) in [6.45, 7) is 1.84. The molecule has 21 heavy (non-hydrogen) atoms. The Morgan fingerprint density at radius 2 is 2.14 bits per heavy atom. The summed E-state index contributed by atoms with van der Waals surface area (Å²) in [4.78, 5) is 18.0. The molecule has 2 N–H and O–H groups in total. The van der Waals surface area contributed by atoms with E-state index in [4.69, 9.17) is 0 Å². The SMILES string of the molecule is O=C(NC(c1ccccn1)c1cccs1)C1CCNCC1. The van der Waals surface area contributed by atoms with Gasteiger partial charge in [-0.3, -0.25) is 9.78 Å². The summed E-state index contributed by atoms with van der Waals surface area (Å²) in [5.74, 6) is 0.248. The molecule has 1 saturated heterocycles. The molecule has 1 amide bonds. The lowest BCUT2D eigenvalue weighted by Crippen LogP contribution is -2.40. The van der Waals surface area contributed by atoms with Crippen molar-refractivity contribution in [3.05, 3.63) is 52.5 Å². The number of amides is 1. The van der Waals surface area contributed by atoms with Crippen LogP contribution >= 0.6 is 11.3 Å². The second-order valence-corrected chi connectivity index (χ2v) is 6.22. The quantitative estimate of drug-likeness (QED) is 0.911. The van der Waals surface area contributed by atoms with Crippen LogP contribution in [-0.2, 0) is 4.79 Å². The maximum Gasteiger partial charge on any atom is 0.224 e. The lowest BCUT2D eigenvalue weighted by atomic mass is 9.96. The first-order valence-electron chi connectivity index (χ1n) is 7.30. The molecule has 110 valence electrons. The molecule has 3 rings (SSSR count). The number of hydrogen-bond acceptors (Lipinski definition) is 4. The van der Waals surface area contributed by atoms with Gasteiger partial charge in [-0.1, -0.05) is 12.1 Å². The molecule has 1 aliphatic rings. The fraction of sp³-hybridized carbons (Fsp3) is 0.375. The summed E-state index contributed by atoms with van der Waals surface area (Å²) in [7, 11) is 0. The van der Waals surface area contributed by atoms with E-state index in [0.29, 0.717) is 0 Å². The zero-order valence-electron chi connectivity index (χ0n) is 11.8. The van der Waals surface area contributed by atoms with E-state index in [1.807, 2.05) is 35.7 Å². The van der Waals surface area contributed by atoms with Crippen molar-refractivity contribution in [2.75, 3.05) is 13.1 Å². The molecule has 0 spiro atoms. The van der Waals surface area contributed by atoms with Crippen LogP contribution in [0.5, 0.6) is 0 Å². The highest BCUT2D eigenvalue weighted by atomic mass is 32.1. The summed E-state index contributed by atoms with van der Waals surface area (Å²) < 4.78 is 0. The third-order valence-electron chi connectivity index (χ3n) is 3.81. The molecular weight excluding hydrogens is 282 g/mol. The van der Waals surface area contributed by atoms with Crippen LogP contribution < -0.4 is 10.6 Å². The molecule has 0 saturated carbocycles. The Labute approximate surface area is 128 Å². The predicted octanol–water partition coefficient (Wildman–Crippen LogP) is 2.35. The number of thiophene rings is 1. The summed E-state index contributed by atoms with van der Waals surface area (Å²) in [6.07, 6.45) is 3.59. The van der Waals surface area contributed by atoms with E-state index >= 15 is 0 Å². The Balaban J connectivity index is 1.78. The molecule has 2 aromatic heterocycles. The lowest BCUT2D eigenvalue weighted by Gasteiger charge is -2.25. The van der Waals surface area contributed by atoms with Crippen molar-refractivity contribution >= 4 is 17.2 Å². The molecule has 1 unspecified atom stereocenters. The van der Waals surface area contributed by atoms with E-state index < -0.39 is 0 Å². The van der Waals surface area contributed by atoms with Gasteiger partial charge in [0.05, 0.1) is 5.69 Å². The predicted molar refractivity (Wildman–Crippen MR) is 84.1 cm³/mol. The van der Waals surface area contributed by atoms with Gasteiger partial charge in [-0.05, 0) is 49.5 Å². The van der Waals surface area contributed by atoms with Crippen molar-refractivity contribution in [2.45, 2.75) is 18.9 Å². The van der Waals surface area contributed by atoms with Crippen LogP contribution in [0.4, 0.5) is 0 Å². The van der Waals surface area contributed by atoms with Crippen molar-refractivity contribution in [3.8, 4) is 0 Å². The highest BCUT2D eigenvalue weighted by molar-refractivity contribution is 7.10. The number of pyridine rings is 1. The van der Waals surface area contributed by atoms with Crippen LogP contribution in [0.25, 0.3) is 0 Å². The second kappa shape index (κ2) is 6.83. The van der Waals surface area contributed by atoms with Gasteiger partial charge in [0.25, 0.3) is 0 Å². The minimum absolute atomic E-state index is 0.109. The van der Waals surface area contributed by atoms with E-state index in [1.54, 1.807) is 17.5 Å². The molecule has 5 heteroatoms. The number of hydrogen-bond donors (Lipinski definition) is 2. The third kappa shape index (κ3) is 3.49. The van der Waals surface area contributed by atoms with Gasteiger partial charge < -0.3 is 10.6 Å². The maximum atomic E-state index is 12.5. The van der Waals surface area contributed by atoms with Gasteiger partial charge in [0.1, 0.15) is 6.04 Å². The van der Waals surface area contributed by atoms with Gasteiger partial charge in [-0.25, -0.2) is 0 Å². The van der Waals surface area contributed by atoms with Gasteiger partial charge in [0, 0.05) is 17.0 Å². The molecule has 0 radical (unpaired) electrons. The fourth-order valence-electron chi connectivity index (χ4n) is 2.64. The Bertz CT molecular complexity index is 564. The van der Waals surface area contributed by atoms with Crippen molar-refractivity contribution in [2.24, 2.45) is 5.92 Å². The first-order valence-corrected chi connectivity index (χ1v) is 8.18. The van der Waals surface area contributed by atoms with Gasteiger partial charge in [0.2, 0.25) is 5.91 Å². The summed E-state index contributed by atoms with van der Waals surface area (Å²) in [5, 5.41) is 8.51. The van der Waals surface area contributed by atoms with Crippen LogP contribution in [0.15, 0.2) is 41.9 Å². The maximum absolute atomic E-state index is 12.5. The third-order valence-corrected chi connectivity index (χ3v) is 4.74. The largest absolute Gasteiger partial charge is 0.343 e. The molecule has 1 atom stereocenters. The number of aromatic nitrogens is 1. The zero-order valence-corrected chi connectivity index (χ0v) is 12.6. The van der Waals surface area contributed by atoms with Crippen molar-refractivity contribution in [3.63, 3.8) is 0 Å². The highest BCUT2D eigenvalue weighted by Crippen LogP contribution is 2.25. The Hall–Kier alpha value is -1.72. The van der Waals surface area contributed by atoms with E-state index in [1.165, 1.54) is 0 Å². The lowest BCUT2D eigenvalue weighted by molar-refractivity contribution is -0.126. The molecule has 1 fully saturated rings. The fourth-order valence-corrected chi connectivity index (χ4v) is 3.42. The average Bonchev–Trinajstić information content (AvgIpc) is 3.08. The van der Waals surface area contributed by atoms with E-state index in [-0.39, 0.29) is 17.9 Å². The topological polar surface area (TPSA) is 54.0 Å². The number of nitrogens with one attached hydrogen (secondary N) is 2. The van der Waals surface area contributed by atoms with Crippen LogP contribution in [0.1, 0.15) is 29.5 Å². The number of carbonyl (C=O) groups excluding carboxylic acids is 1. The first-order chi connectivity index (χ1) is 10.3. The molecule has 1 aliphatic heterocycles. The van der Waals surface area contributed by atoms with Crippen LogP contribution in [0, 0.1) is 5.92 Å². The number of piperidine rings is 1. The van der Waals surface area contributed by atoms with Crippen LogP contribution in [0.3, 0.4) is 0 Å². The normalized spacial score (nSPS) is 17.3. The molecule has 0 bridgehead atoms. The smallest absolute Gasteiger partial charge is 0.224 e. The summed E-state index contributed by atoms with van der Waals surface area (Å²) >= 11 is 1.65. The van der Waals surface area contributed by atoms with Gasteiger partial charge >= 0.3 is 0 Å². The Morgan fingerprint density at radius 3 is 2.81 bits per heavy atom. The van der Waals surface area contributed by atoms with Crippen molar-refractivity contribution in [1.82, 2.24) is 15.6 Å². The molecule has 0 aromatic carbocycles. The average molecular weight is 301 g/mol. The van der Waals surface area contributed by atoms with E-state index in [9.17, 15) is 4.79 Å². The highest BCUT2D eigenvalue weighted by Gasteiger charge is 2.25. The molecule has 0 aliphatic carbocycles. The summed E-state index contributed by atoms with van der Waals surface area (Å²) in [6, 6.07) is 9.73. The van der Waals surface area contributed by atoms with Gasteiger partial charge in [0.15, 0.2) is 0 Å². The zero-order chi connectivity index (χ0) is 14.5. The van der Waals surface area contributed by atoms with Gasteiger partial charge in [-0.2, -0.15) is 0 Å². The monoisotopic (exact) mass is 301 g/mol. The minimum atomic E-state index is -0.145. The second-order valence-electron chi connectivity index (χ2n) is 5.24. The number of nitrogens with zero attached hydrogens (tertiary/aromatic N) is 1. The van der Waals surface area contributed by atoms with Crippen molar-refractivity contribution in [1.29, 1.82) is 0 Å². The van der Waals surface area contributed by atoms with Gasteiger partial charge in [-0.15, -0.1) is 11.3 Å². The number of rotatable bonds is 4. The minimum Gasteiger partial charge on any atom is -0.343 e. The molecule has 4 nitrogen and oxygen atoms in total. The first kappa shape index (κ1) is 14.2.